The minimum atomic E-state index is -0.554. The minimum Gasteiger partial charge on any atom is -0.465 e. The Morgan fingerprint density at radius 3 is 1.20 bits per heavy atom. The molecule has 0 radical (unpaired) electrons. The third-order valence-electron chi connectivity index (χ3n) is 10.3. The lowest BCUT2D eigenvalue weighted by Crippen LogP contribution is -2.22. The summed E-state index contributed by atoms with van der Waals surface area (Å²) in [7, 11) is 2.66. The SMILES string of the molecule is COC(=O)c1cc2c(c3c(C)cccc13)-c1c(C)cccc1C(=O)/C2=C1/C(=O)c2cccc(C)c2-c2c1cc(C(=O)OC)c1cccc(C)c21. The van der Waals surface area contributed by atoms with Crippen molar-refractivity contribution in [1.29, 1.82) is 0 Å². The Morgan fingerprint density at radius 2 is 0.820 bits per heavy atom. The maximum Gasteiger partial charge on any atom is 0.338 e. The number of ketones is 2. The normalized spacial score (nSPS) is 14.6. The second-order valence-corrected chi connectivity index (χ2v) is 13.1. The van der Waals surface area contributed by atoms with E-state index in [1.165, 1.54) is 14.2 Å². The standard InChI is InChI=1S/C44H32O6/c1-21-11-7-15-25-29(43(47)49-5)19-31-37(33(21)25)35-23(3)13-9-17-27(35)41(45)39(31)40-32-20-30(44(48)50-6)26-16-8-12-22(2)34(26)38(32)36-24(4)14-10-18-28(36)42(40)46/h7-20H,1-6H3/b40-39+. The van der Waals surface area contributed by atoms with Crippen LogP contribution in [0.2, 0.25) is 0 Å². The van der Waals surface area contributed by atoms with E-state index in [9.17, 15) is 9.59 Å². The number of ether oxygens (including phenoxy) is 2. The van der Waals surface area contributed by atoms with E-state index in [0.717, 1.165) is 55.3 Å². The molecule has 0 bridgehead atoms. The fraction of sp³-hybridized carbons (Fsp3) is 0.136. The number of esters is 2. The van der Waals surface area contributed by atoms with E-state index in [4.69, 9.17) is 9.47 Å². The Hall–Kier alpha value is -6.14. The van der Waals surface area contributed by atoms with Crippen LogP contribution >= 0.6 is 0 Å². The molecule has 2 aliphatic carbocycles. The van der Waals surface area contributed by atoms with E-state index in [-0.39, 0.29) is 33.8 Å². The van der Waals surface area contributed by atoms with Crippen LogP contribution in [0.1, 0.15) is 74.8 Å². The summed E-state index contributed by atoms with van der Waals surface area (Å²) in [6, 6.07) is 26.1. The van der Waals surface area contributed by atoms with Crippen molar-refractivity contribution < 1.29 is 28.7 Å². The van der Waals surface area contributed by atoms with Crippen molar-refractivity contribution in [3.05, 3.63) is 141 Å². The zero-order valence-electron chi connectivity index (χ0n) is 28.5. The first-order valence-corrected chi connectivity index (χ1v) is 16.4. The van der Waals surface area contributed by atoms with Gasteiger partial charge in [-0.15, -0.1) is 0 Å². The average Bonchev–Trinajstić information content (AvgIpc) is 3.11. The van der Waals surface area contributed by atoms with Crippen molar-refractivity contribution in [2.75, 3.05) is 14.2 Å². The summed E-state index contributed by atoms with van der Waals surface area (Å²) in [5.74, 6) is -1.78. The quantitative estimate of drug-likeness (QED) is 0.136. The molecule has 0 spiro atoms. The van der Waals surface area contributed by atoms with Crippen LogP contribution in [0.15, 0.2) is 84.9 Å². The van der Waals surface area contributed by atoms with Gasteiger partial charge in [0.05, 0.1) is 25.3 Å². The first-order valence-electron chi connectivity index (χ1n) is 16.4. The number of benzene rings is 6. The molecule has 0 saturated carbocycles. The summed E-state index contributed by atoms with van der Waals surface area (Å²) in [5.41, 5.74) is 9.45. The second-order valence-electron chi connectivity index (χ2n) is 13.1. The van der Waals surface area contributed by atoms with Crippen molar-refractivity contribution in [2.24, 2.45) is 0 Å². The zero-order valence-corrected chi connectivity index (χ0v) is 28.5. The topological polar surface area (TPSA) is 86.7 Å². The molecule has 0 unspecified atom stereocenters. The van der Waals surface area contributed by atoms with Gasteiger partial charge in [0.1, 0.15) is 0 Å². The highest BCUT2D eigenvalue weighted by Gasteiger charge is 2.40. The van der Waals surface area contributed by atoms with Crippen molar-refractivity contribution in [1.82, 2.24) is 0 Å². The number of fused-ring (bicyclic) bond motifs is 10. The summed E-state index contributed by atoms with van der Waals surface area (Å²) in [4.78, 5) is 57.2. The smallest absolute Gasteiger partial charge is 0.338 e. The van der Waals surface area contributed by atoms with Crippen LogP contribution in [0.5, 0.6) is 0 Å². The Balaban J connectivity index is 1.66. The maximum absolute atomic E-state index is 15.1. The summed E-state index contributed by atoms with van der Waals surface area (Å²) < 4.78 is 10.5. The molecule has 0 fully saturated rings. The van der Waals surface area contributed by atoms with Crippen LogP contribution in [0.3, 0.4) is 0 Å². The highest BCUT2D eigenvalue weighted by molar-refractivity contribution is 6.52. The molecule has 0 aliphatic heterocycles. The summed E-state index contributed by atoms with van der Waals surface area (Å²) in [6.45, 7) is 7.87. The molecule has 6 nitrogen and oxygen atoms in total. The first-order chi connectivity index (χ1) is 24.1. The Kier molecular flexibility index (Phi) is 6.98. The zero-order chi connectivity index (χ0) is 35.2. The highest BCUT2D eigenvalue weighted by atomic mass is 16.5. The monoisotopic (exact) mass is 656 g/mol. The van der Waals surface area contributed by atoms with Crippen LogP contribution in [0, 0.1) is 27.7 Å². The fourth-order valence-electron chi connectivity index (χ4n) is 8.17. The van der Waals surface area contributed by atoms with Crippen molar-refractivity contribution in [3.8, 4) is 22.3 Å². The lowest BCUT2D eigenvalue weighted by Gasteiger charge is -2.31. The Labute approximate surface area is 289 Å². The molecule has 0 heterocycles. The Bertz CT molecular complexity index is 2440. The summed E-state index contributed by atoms with van der Waals surface area (Å²) in [6.07, 6.45) is 0. The van der Waals surface area contributed by atoms with Crippen LogP contribution in [0.4, 0.5) is 0 Å². The lowest BCUT2D eigenvalue weighted by atomic mass is 9.69. The van der Waals surface area contributed by atoms with Crippen LogP contribution in [0.25, 0.3) is 54.9 Å². The lowest BCUT2D eigenvalue weighted by molar-refractivity contribution is 0.0594. The van der Waals surface area contributed by atoms with E-state index in [1.807, 2.05) is 88.4 Å². The summed E-state index contributed by atoms with van der Waals surface area (Å²) in [5, 5.41) is 2.98. The number of methoxy groups -OCH3 is 2. The van der Waals surface area contributed by atoms with Gasteiger partial charge in [0.2, 0.25) is 0 Å². The number of hydrogen-bond acceptors (Lipinski definition) is 6. The maximum atomic E-state index is 15.1. The molecule has 0 atom stereocenters. The molecule has 0 saturated heterocycles. The molecule has 244 valence electrons. The molecule has 6 heteroatoms. The predicted octanol–water partition coefficient (Wildman–Crippen LogP) is 9.44. The highest BCUT2D eigenvalue weighted by Crippen LogP contribution is 2.53. The molecule has 50 heavy (non-hydrogen) atoms. The number of carbonyl (C=O) groups is 4. The van der Waals surface area contributed by atoms with Crippen molar-refractivity contribution >= 4 is 56.2 Å². The molecule has 0 amide bonds. The molecule has 0 N–H and O–H groups in total. The number of aryl methyl sites for hydroxylation is 4. The van der Waals surface area contributed by atoms with E-state index in [2.05, 4.69) is 0 Å². The predicted molar refractivity (Wildman–Crippen MR) is 196 cm³/mol. The van der Waals surface area contributed by atoms with Crippen molar-refractivity contribution in [3.63, 3.8) is 0 Å². The number of hydrogen-bond donors (Lipinski definition) is 0. The minimum absolute atomic E-state index is 0.176. The first kappa shape index (κ1) is 31.1. The molecule has 6 aromatic carbocycles. The van der Waals surface area contributed by atoms with Gasteiger partial charge in [-0.2, -0.15) is 0 Å². The largest absolute Gasteiger partial charge is 0.465 e. The number of allylic oxidation sites excluding steroid dienone is 2. The van der Waals surface area contributed by atoms with Gasteiger partial charge in [-0.25, -0.2) is 9.59 Å². The average molecular weight is 657 g/mol. The van der Waals surface area contributed by atoms with Gasteiger partial charge in [0.25, 0.3) is 0 Å². The second kappa shape index (κ2) is 11.2. The van der Waals surface area contributed by atoms with Gasteiger partial charge < -0.3 is 9.47 Å². The molecular weight excluding hydrogens is 624 g/mol. The fourth-order valence-corrected chi connectivity index (χ4v) is 8.17. The van der Waals surface area contributed by atoms with Crippen LogP contribution in [-0.2, 0) is 9.47 Å². The molecule has 8 rings (SSSR count). The van der Waals surface area contributed by atoms with Crippen LogP contribution in [-0.4, -0.2) is 37.7 Å². The molecule has 6 aromatic rings. The van der Waals surface area contributed by atoms with Crippen molar-refractivity contribution in [2.45, 2.75) is 27.7 Å². The van der Waals surface area contributed by atoms with Crippen LogP contribution < -0.4 is 0 Å². The van der Waals surface area contributed by atoms with Gasteiger partial charge in [-0.1, -0.05) is 72.8 Å². The Morgan fingerprint density at radius 1 is 0.460 bits per heavy atom. The molecule has 2 aliphatic rings. The van der Waals surface area contributed by atoms with Gasteiger partial charge in [0.15, 0.2) is 11.6 Å². The van der Waals surface area contributed by atoms with E-state index >= 15 is 9.59 Å². The van der Waals surface area contributed by atoms with E-state index in [1.54, 1.807) is 24.3 Å². The van der Waals surface area contributed by atoms with Gasteiger partial charge >= 0.3 is 11.9 Å². The number of Topliss-reactive ketones (excluding diaryl/α,β-unsaturated/α-hetero) is 2. The van der Waals surface area contributed by atoms with Gasteiger partial charge in [0, 0.05) is 22.3 Å². The third-order valence-corrected chi connectivity index (χ3v) is 10.3. The number of rotatable bonds is 2. The molecule has 0 aromatic heterocycles. The van der Waals surface area contributed by atoms with Gasteiger partial charge in [-0.05, 0) is 117 Å². The summed E-state index contributed by atoms with van der Waals surface area (Å²) >= 11 is 0. The number of carbonyl (C=O) groups excluding carboxylic acids is 4. The third kappa shape index (κ3) is 4.14. The van der Waals surface area contributed by atoms with E-state index < -0.39 is 11.9 Å². The van der Waals surface area contributed by atoms with Gasteiger partial charge in [-0.3, -0.25) is 9.59 Å². The van der Waals surface area contributed by atoms with E-state index in [0.29, 0.717) is 33.0 Å². The molecular formula is C44H32O6.